The first-order chi connectivity index (χ1) is 8.99. The van der Waals surface area contributed by atoms with Crippen LogP contribution in [-0.4, -0.2) is 25.5 Å². The van der Waals surface area contributed by atoms with Gasteiger partial charge in [0.15, 0.2) is 0 Å². The highest BCUT2D eigenvalue weighted by Crippen LogP contribution is 2.32. The van der Waals surface area contributed by atoms with Crippen molar-refractivity contribution in [2.45, 2.75) is 34.1 Å². The van der Waals surface area contributed by atoms with Crippen molar-refractivity contribution >= 4 is 27.9 Å². The lowest BCUT2D eigenvalue weighted by Crippen LogP contribution is -2.26. The van der Waals surface area contributed by atoms with Crippen LogP contribution in [0.2, 0.25) is 0 Å². The number of hydrogen-bond acceptors (Lipinski definition) is 4. The molecule has 108 valence electrons. The van der Waals surface area contributed by atoms with E-state index >= 15 is 0 Å². The minimum Gasteiger partial charge on any atom is -0.397 e. The van der Waals surface area contributed by atoms with Crippen LogP contribution < -0.4 is 16.0 Å². The van der Waals surface area contributed by atoms with Crippen LogP contribution in [0.5, 0.6) is 0 Å². The summed E-state index contributed by atoms with van der Waals surface area (Å²) in [5.41, 5.74) is 6.54. The topological polar surface area (TPSA) is 58.4 Å². The Morgan fingerprint density at radius 2 is 2.16 bits per heavy atom. The average Bonchev–Trinajstić information content (AvgIpc) is 2.74. The molecule has 0 fully saturated rings. The quantitative estimate of drug-likeness (QED) is 0.809. The number of nitrogens with zero attached hydrogens (tertiary/aromatic N) is 1. The number of rotatable bonds is 7. The molecule has 1 aromatic rings. The molecule has 1 rings (SSSR count). The van der Waals surface area contributed by atoms with Gasteiger partial charge in [-0.2, -0.15) is 0 Å². The molecule has 1 aromatic heterocycles. The zero-order chi connectivity index (χ0) is 14.4. The third-order valence-electron chi connectivity index (χ3n) is 2.77. The Kier molecular flexibility index (Phi) is 6.15. The maximum atomic E-state index is 12.0. The molecule has 0 aromatic carbocycles. The van der Waals surface area contributed by atoms with Gasteiger partial charge in [0.05, 0.1) is 10.7 Å². The second-order valence-corrected chi connectivity index (χ2v) is 6.09. The zero-order valence-electron chi connectivity index (χ0n) is 12.3. The minimum absolute atomic E-state index is 0.0591. The van der Waals surface area contributed by atoms with Crippen molar-refractivity contribution in [1.82, 2.24) is 5.32 Å². The second-order valence-electron chi connectivity index (χ2n) is 5.06. The third-order valence-corrected chi connectivity index (χ3v) is 3.98. The number of thiophene rings is 1. The van der Waals surface area contributed by atoms with E-state index in [1.165, 1.54) is 11.3 Å². The number of amides is 1. The summed E-state index contributed by atoms with van der Waals surface area (Å²) in [5.74, 6) is 0.525. The lowest BCUT2D eigenvalue weighted by molar-refractivity contribution is 0.0958. The van der Waals surface area contributed by atoms with Gasteiger partial charge >= 0.3 is 0 Å². The van der Waals surface area contributed by atoms with Crippen molar-refractivity contribution in [3.63, 3.8) is 0 Å². The standard InChI is InChI=1S/C14H25N3OS/c1-5-7-16-14(18)13-11(15)8-12(19-13)17(6-2)9-10(3)4/h8,10H,5-7,9,15H2,1-4H3,(H,16,18). The van der Waals surface area contributed by atoms with Crippen molar-refractivity contribution in [2.24, 2.45) is 5.92 Å². The maximum Gasteiger partial charge on any atom is 0.263 e. The first-order valence-corrected chi connectivity index (χ1v) is 7.73. The van der Waals surface area contributed by atoms with Crippen LogP contribution in [0.1, 0.15) is 43.8 Å². The Labute approximate surface area is 120 Å². The number of anilines is 2. The molecule has 3 N–H and O–H groups in total. The molecule has 0 saturated carbocycles. The SMILES string of the molecule is CCCNC(=O)c1sc(N(CC)CC(C)C)cc1N. The lowest BCUT2D eigenvalue weighted by Gasteiger charge is -2.23. The van der Waals surface area contributed by atoms with Crippen LogP contribution in [0.15, 0.2) is 6.07 Å². The van der Waals surface area contributed by atoms with Crippen molar-refractivity contribution < 1.29 is 4.79 Å². The molecule has 0 aliphatic rings. The Morgan fingerprint density at radius 1 is 1.47 bits per heavy atom. The second kappa shape index (κ2) is 7.38. The largest absolute Gasteiger partial charge is 0.397 e. The highest BCUT2D eigenvalue weighted by Gasteiger charge is 2.17. The van der Waals surface area contributed by atoms with E-state index < -0.39 is 0 Å². The molecule has 0 aliphatic heterocycles. The van der Waals surface area contributed by atoms with Crippen molar-refractivity contribution in [3.05, 3.63) is 10.9 Å². The van der Waals surface area contributed by atoms with Crippen LogP contribution >= 0.6 is 11.3 Å². The first-order valence-electron chi connectivity index (χ1n) is 6.92. The maximum absolute atomic E-state index is 12.0. The van der Waals surface area contributed by atoms with Gasteiger partial charge in [-0.1, -0.05) is 20.8 Å². The average molecular weight is 283 g/mol. The predicted molar refractivity (Wildman–Crippen MR) is 84.1 cm³/mol. The van der Waals surface area contributed by atoms with Crippen LogP contribution in [0, 0.1) is 5.92 Å². The number of nitrogens with one attached hydrogen (secondary N) is 1. The molecule has 4 nitrogen and oxygen atoms in total. The van der Waals surface area contributed by atoms with E-state index in [9.17, 15) is 4.79 Å². The summed E-state index contributed by atoms with van der Waals surface area (Å²) in [6, 6.07) is 1.91. The van der Waals surface area contributed by atoms with E-state index in [0.29, 0.717) is 23.0 Å². The molecule has 0 radical (unpaired) electrons. The number of nitrogens with two attached hydrogens (primary N) is 1. The van der Waals surface area contributed by atoms with Gasteiger partial charge in [0.25, 0.3) is 5.91 Å². The van der Waals surface area contributed by atoms with Gasteiger partial charge in [0, 0.05) is 19.6 Å². The summed E-state index contributed by atoms with van der Waals surface area (Å²) >= 11 is 1.48. The summed E-state index contributed by atoms with van der Waals surface area (Å²) in [6.07, 6.45) is 0.929. The predicted octanol–water partition coefficient (Wildman–Crippen LogP) is 2.95. The zero-order valence-corrected chi connectivity index (χ0v) is 13.1. The summed E-state index contributed by atoms with van der Waals surface area (Å²) in [5, 5.41) is 3.95. The highest BCUT2D eigenvalue weighted by atomic mass is 32.1. The molecule has 0 saturated heterocycles. The Morgan fingerprint density at radius 3 is 2.68 bits per heavy atom. The number of carbonyl (C=O) groups excluding carboxylic acids is 1. The molecular formula is C14H25N3OS. The third kappa shape index (κ3) is 4.42. The number of carbonyl (C=O) groups is 1. The van der Waals surface area contributed by atoms with E-state index in [1.807, 2.05) is 13.0 Å². The number of nitrogen functional groups attached to an aromatic ring is 1. The fourth-order valence-electron chi connectivity index (χ4n) is 1.86. The summed E-state index contributed by atoms with van der Waals surface area (Å²) in [7, 11) is 0. The fraction of sp³-hybridized carbons (Fsp3) is 0.643. The van der Waals surface area contributed by atoms with Crippen molar-refractivity contribution in [3.8, 4) is 0 Å². The molecule has 1 amide bonds. The molecular weight excluding hydrogens is 258 g/mol. The fourth-order valence-corrected chi connectivity index (χ4v) is 2.93. The van der Waals surface area contributed by atoms with Gasteiger partial charge in [-0.15, -0.1) is 11.3 Å². The van der Waals surface area contributed by atoms with Gasteiger partial charge in [0.1, 0.15) is 4.88 Å². The summed E-state index contributed by atoms with van der Waals surface area (Å²) < 4.78 is 0. The van der Waals surface area contributed by atoms with E-state index in [2.05, 4.69) is 31.0 Å². The van der Waals surface area contributed by atoms with Crippen LogP contribution in [-0.2, 0) is 0 Å². The van der Waals surface area contributed by atoms with E-state index in [-0.39, 0.29) is 5.91 Å². The molecule has 0 atom stereocenters. The summed E-state index contributed by atoms with van der Waals surface area (Å²) in [4.78, 5) is 14.9. The lowest BCUT2D eigenvalue weighted by atomic mass is 10.2. The summed E-state index contributed by atoms with van der Waals surface area (Å²) in [6.45, 7) is 11.1. The van der Waals surface area contributed by atoms with Crippen LogP contribution in [0.3, 0.4) is 0 Å². The molecule has 0 bridgehead atoms. The molecule has 0 unspecified atom stereocenters. The van der Waals surface area contributed by atoms with Gasteiger partial charge in [0.2, 0.25) is 0 Å². The minimum atomic E-state index is -0.0591. The first kappa shape index (κ1) is 15.8. The van der Waals surface area contributed by atoms with Crippen LogP contribution in [0.25, 0.3) is 0 Å². The van der Waals surface area contributed by atoms with Gasteiger partial charge in [-0.25, -0.2) is 0 Å². The molecule has 0 spiro atoms. The molecule has 0 aliphatic carbocycles. The molecule has 5 heteroatoms. The smallest absolute Gasteiger partial charge is 0.263 e. The van der Waals surface area contributed by atoms with E-state index in [0.717, 1.165) is 24.5 Å². The van der Waals surface area contributed by atoms with Crippen LogP contribution in [0.4, 0.5) is 10.7 Å². The van der Waals surface area contributed by atoms with Gasteiger partial charge < -0.3 is 16.0 Å². The van der Waals surface area contributed by atoms with Crippen molar-refractivity contribution in [1.29, 1.82) is 0 Å². The van der Waals surface area contributed by atoms with E-state index in [4.69, 9.17) is 5.73 Å². The molecule has 1 heterocycles. The number of hydrogen-bond donors (Lipinski definition) is 2. The normalized spacial score (nSPS) is 10.8. The molecule has 19 heavy (non-hydrogen) atoms. The van der Waals surface area contributed by atoms with E-state index in [1.54, 1.807) is 0 Å². The van der Waals surface area contributed by atoms with Gasteiger partial charge in [-0.05, 0) is 25.3 Å². The van der Waals surface area contributed by atoms with Crippen molar-refractivity contribution in [2.75, 3.05) is 30.3 Å². The Balaban J connectivity index is 2.85. The Bertz CT molecular complexity index is 415. The Hall–Kier alpha value is -1.23. The van der Waals surface area contributed by atoms with Gasteiger partial charge in [-0.3, -0.25) is 4.79 Å². The monoisotopic (exact) mass is 283 g/mol. The highest BCUT2D eigenvalue weighted by molar-refractivity contribution is 7.18.